The minimum atomic E-state index is -5.15. The minimum Gasteiger partial charge on any atom is -0.478 e. The van der Waals surface area contributed by atoms with Crippen molar-refractivity contribution in [2.24, 2.45) is 14.1 Å². The average Bonchev–Trinajstić information content (AvgIpc) is 0.708. The largest absolute Gasteiger partial charge is 0.478 e. The molecule has 0 fully saturated rings. The van der Waals surface area contributed by atoms with Gasteiger partial charge >= 0.3 is 49.8 Å². The van der Waals surface area contributed by atoms with E-state index in [0.717, 1.165) is 28.8 Å². The number of fused-ring (bicyclic) bond motifs is 6. The molecule has 4 aromatic heterocycles. The van der Waals surface area contributed by atoms with Crippen LogP contribution >= 0.6 is 0 Å². The first kappa shape index (κ1) is 97.0. The van der Waals surface area contributed by atoms with Gasteiger partial charge in [-0.05, 0) is 160 Å². The molecule has 0 atom stereocenters. The van der Waals surface area contributed by atoms with Crippen LogP contribution in [0.5, 0.6) is 29.3 Å². The molecule has 0 spiro atoms. The van der Waals surface area contributed by atoms with Gasteiger partial charge in [0, 0.05) is 89.1 Å². The maximum atomic E-state index is 15.1. The van der Waals surface area contributed by atoms with E-state index in [1.807, 2.05) is 0 Å². The van der Waals surface area contributed by atoms with Gasteiger partial charge in [0.15, 0.2) is 23.1 Å². The number of rotatable bonds is 27. The highest BCUT2D eigenvalue weighted by molar-refractivity contribution is 7.86. The van der Waals surface area contributed by atoms with Gasteiger partial charge in [-0.2, -0.15) is 55.2 Å². The van der Waals surface area contributed by atoms with Gasteiger partial charge in [0.2, 0.25) is 17.8 Å². The zero-order chi connectivity index (χ0) is 100. The number of hydrogen-bond acceptors (Lipinski definition) is 37. The predicted octanol–water partition coefficient (Wildman–Crippen LogP) is 10.8. The fraction of sp³-hybridized carbons (Fsp3) is 0.0549. The van der Waals surface area contributed by atoms with Gasteiger partial charge in [0.25, 0.3) is 47.9 Å². The Hall–Kier alpha value is -17.6. The Morgan fingerprint density at radius 1 is 0.400 bits per heavy atom. The lowest BCUT2D eigenvalue weighted by Crippen LogP contribution is -2.29. The summed E-state index contributed by atoms with van der Waals surface area (Å²) in [7, 11) is -21.5. The summed E-state index contributed by atoms with van der Waals surface area (Å²) in [5.74, 6) is -3.89. The number of carboxylic acid groups (broad SMARTS) is 1. The summed E-state index contributed by atoms with van der Waals surface area (Å²) >= 11 is 0. The number of hydrogen-bond donors (Lipinski definition) is 9. The van der Waals surface area contributed by atoms with Crippen molar-refractivity contribution in [1.82, 2.24) is 39.0 Å². The molecule has 0 unspecified atom stereocenters. The van der Waals surface area contributed by atoms with Crippen molar-refractivity contribution in [3.8, 4) is 51.5 Å². The molecule has 2 aliphatic carbocycles. The van der Waals surface area contributed by atoms with Crippen molar-refractivity contribution in [2.75, 3.05) is 39.7 Å². The number of carbonyl (C=O) groups is 6. The molecule has 0 amide bonds. The molecule has 2 aliphatic rings. The number of aryl methyl sites for hydroxylation is 2. The Balaban J connectivity index is 0.00000117. The van der Waals surface area contributed by atoms with E-state index in [0.29, 0.717) is 38.0 Å². The van der Waals surface area contributed by atoms with Crippen molar-refractivity contribution < 1.29 is 125 Å². The number of aromatic carboxylic acids is 1. The number of aromatic nitrogens is 8. The first-order chi connectivity index (χ1) is 66.6. The molecule has 4 heterocycles. The lowest BCUT2D eigenvalue weighted by Gasteiger charge is -2.26. The van der Waals surface area contributed by atoms with Gasteiger partial charge in [-0.3, -0.25) is 47.2 Å². The summed E-state index contributed by atoms with van der Waals surface area (Å²) in [4.78, 5) is 137. The van der Waals surface area contributed by atoms with Crippen LogP contribution in [0.1, 0.15) is 85.4 Å². The van der Waals surface area contributed by atoms with E-state index in [2.05, 4.69) is 56.5 Å². The second-order valence-electron chi connectivity index (χ2n) is 30.0. The number of nitrogens with one attached hydrogen (secondary N) is 5. The molecule has 43 nitrogen and oxygen atoms in total. The molecule has 0 saturated heterocycles. The van der Waals surface area contributed by atoms with Crippen molar-refractivity contribution >= 4 is 187 Å². The number of ether oxygens (including phenoxy) is 3. The van der Waals surface area contributed by atoms with Crippen LogP contribution in [0.4, 0.5) is 46.3 Å². The van der Waals surface area contributed by atoms with Crippen LogP contribution in [0.2, 0.25) is 0 Å². The number of nitrogens with zero attached hydrogens (tertiary/aromatic N) is 8. The van der Waals surface area contributed by atoms with E-state index in [9.17, 15) is 77.6 Å². The fourth-order valence-corrected chi connectivity index (χ4v) is 17.6. The van der Waals surface area contributed by atoms with E-state index < -0.39 is 129 Å². The van der Waals surface area contributed by atoms with Crippen LogP contribution in [0.15, 0.2) is 261 Å². The lowest BCUT2D eigenvalue weighted by molar-refractivity contribution is -0.120. The third-order valence-corrected chi connectivity index (χ3v) is 24.2. The van der Waals surface area contributed by atoms with Gasteiger partial charge in [-0.25, -0.2) is 4.79 Å². The van der Waals surface area contributed by atoms with Gasteiger partial charge in [-0.15, -0.1) is 37.9 Å². The molecule has 0 aliphatic heterocycles. The molecule has 0 saturated carbocycles. The number of pyridine rings is 2. The molecule has 0 radical (unpaired) electrons. The van der Waals surface area contributed by atoms with E-state index >= 15 is 4.79 Å². The number of carboxylic acids is 1. The fourth-order valence-electron chi connectivity index (χ4n) is 15.7. The Labute approximate surface area is 791 Å². The summed E-state index contributed by atoms with van der Waals surface area (Å²) in [5, 5.41) is 28.0. The third kappa shape index (κ3) is 20.9. The van der Waals surface area contributed by atoms with Crippen molar-refractivity contribution in [1.29, 1.82) is 0 Å². The number of carbonyl (C=O) groups excluding carboxylic acids is 5. The SMILES string of the molecule is Cn1c(=O)c(C(=O)c2ccccc2)c2c3c(c(Nc4ccc(S(=O)(=O)O)c(Cc5nc(NCCNc6nc(Nc7ccc(S(=O)(=O)O)c(Nc8ccc9c%10c8C(=O)c8ccccc8-c%10c(C(=O)c8cccc(S(=O)(=O)O)c8)c(=O)n9C)c7)nc(Oc7ccc8cc(C(=O)O)ccc8c7)n6)nc(Oc6ccc7cc(OC=O)ccc7c6)n5)c4)ccc31)C(=O)c1ccccc1-2.O=S(=O)=O.O=S(=O)=O.O=S(=O)=O. The smallest absolute Gasteiger partial charge is 0.425 e. The van der Waals surface area contributed by atoms with E-state index in [1.165, 1.54) is 97.5 Å². The van der Waals surface area contributed by atoms with Crippen LogP contribution in [0, 0.1) is 0 Å². The normalized spacial score (nSPS) is 11.6. The summed E-state index contributed by atoms with van der Waals surface area (Å²) < 4.78 is 206. The highest BCUT2D eigenvalue weighted by Gasteiger charge is 2.38. The summed E-state index contributed by atoms with van der Waals surface area (Å²) in [6.45, 7) is 0.0925. The van der Waals surface area contributed by atoms with E-state index in [-0.39, 0.29) is 179 Å². The van der Waals surface area contributed by atoms with Crippen molar-refractivity contribution in [3.05, 3.63) is 319 Å². The van der Waals surface area contributed by atoms with Crippen LogP contribution < -0.4 is 51.9 Å². The highest BCUT2D eigenvalue weighted by Crippen LogP contribution is 2.48. The van der Waals surface area contributed by atoms with Gasteiger partial charge < -0.3 is 55.0 Å². The molecule has 706 valence electrons. The molecule has 9 N–H and O–H groups in total. The van der Waals surface area contributed by atoms with Crippen molar-refractivity contribution in [3.63, 3.8) is 0 Å². The van der Waals surface area contributed by atoms with Crippen LogP contribution in [0.3, 0.4) is 0 Å². The molecule has 140 heavy (non-hydrogen) atoms. The number of benzene rings is 12. The third-order valence-electron chi connectivity index (χ3n) is 21.5. The Kier molecular flexibility index (Phi) is 27.5. The topological polar surface area (TPSA) is 649 Å². The highest BCUT2D eigenvalue weighted by atomic mass is 32.2. The average molecular weight is 2010 g/mol. The van der Waals surface area contributed by atoms with Crippen LogP contribution in [-0.4, -0.2) is 170 Å². The Morgan fingerprint density at radius 3 is 1.36 bits per heavy atom. The lowest BCUT2D eigenvalue weighted by atomic mass is 9.80. The maximum absolute atomic E-state index is 15.1. The first-order valence-electron chi connectivity index (χ1n) is 40.1. The minimum absolute atomic E-state index is 0.00794. The quantitative estimate of drug-likeness (QED) is 0.00999. The molecule has 0 bridgehead atoms. The molecular weight excluding hydrogens is 1950 g/mol. The Bertz CT molecular complexity index is 8850. The maximum Gasteiger partial charge on any atom is 0.425 e. The van der Waals surface area contributed by atoms with E-state index in [4.69, 9.17) is 52.1 Å². The summed E-state index contributed by atoms with van der Waals surface area (Å²) in [6.07, 6.45) is -0.460. The van der Waals surface area contributed by atoms with Crippen LogP contribution in [0.25, 0.3) is 65.6 Å². The second-order valence-corrected chi connectivity index (χ2v) is 35.4. The van der Waals surface area contributed by atoms with Gasteiger partial charge in [-0.1, -0.05) is 115 Å². The zero-order valence-corrected chi connectivity index (χ0v) is 76.0. The zero-order valence-electron chi connectivity index (χ0n) is 71.1. The first-order valence-corrected chi connectivity index (χ1v) is 47.4. The number of ketones is 4. The van der Waals surface area contributed by atoms with E-state index in [1.54, 1.807) is 133 Å². The summed E-state index contributed by atoms with van der Waals surface area (Å²) in [5.41, 5.74) is -0.873. The molecule has 49 heteroatoms. The summed E-state index contributed by atoms with van der Waals surface area (Å²) in [6, 6.07) is 57.0. The monoisotopic (exact) mass is 2010 g/mol. The second kappa shape index (κ2) is 39.8. The molecule has 18 rings (SSSR count). The molecule has 16 aromatic rings. The van der Waals surface area contributed by atoms with Crippen LogP contribution in [-0.2, 0) is 87.5 Å². The predicted molar refractivity (Wildman–Crippen MR) is 498 cm³/mol. The standard InChI is InChI=1S/C91H61N13O21S3.3O3S/c1-103-67-31-29-64(74-76(67)72(60-15-6-8-17-62(60)82(74)108)78(84(103)110)80(106)46-11-4-3-5-12-46)94-54-24-33-69(127(117,118)119)53(38-54)43-71-97-87(100-90(98-71)124-57-28-23-49-39-56(123-45-105)26-21-50(49)41-57)92-35-36-93-88-99-89(102-91(101-88)125-58-27-22-47-37-52(86(112)113)20-19-48(47)40-58)95-55-25-34-70(128(120,121)122)66(44-55)96-65-30-32-68-77-73(61-16-7-9-18-63(61)83(109)75(65)77)79(85(111)104(68)2)81(107)51-13-10-14-59(42-51)126(114,115)116;3*1-4(2)3/h3-34,37-42,44-45,94,96H,35-36,43H2,1-2H3,(H,112,113)(H,114,115,116)(H,117,118,119)(H,120,121,122)(H,92,97,98,100)(H2,93,95,99,101,102);;;. The van der Waals surface area contributed by atoms with Crippen molar-refractivity contribution in [2.45, 2.75) is 21.1 Å². The van der Waals surface area contributed by atoms with Gasteiger partial charge in [0.1, 0.15) is 28.0 Å². The number of anilines is 8. The molecular formula is C91H61N13O30S6. The van der Waals surface area contributed by atoms with Gasteiger partial charge in [0.05, 0.1) is 65.7 Å². The molecule has 12 aromatic carbocycles. The Morgan fingerprint density at radius 2 is 0.843 bits per heavy atom.